The van der Waals surface area contributed by atoms with Gasteiger partial charge in [-0.1, -0.05) is 83.9 Å². The predicted molar refractivity (Wildman–Crippen MR) is 208 cm³/mol. The highest BCUT2D eigenvalue weighted by Crippen LogP contribution is 2.37. The highest BCUT2D eigenvalue weighted by atomic mass is 35.5. The summed E-state index contributed by atoms with van der Waals surface area (Å²) in [4.78, 5) is 7.38. The van der Waals surface area contributed by atoms with Gasteiger partial charge in [-0.05, 0) is 113 Å². The first-order chi connectivity index (χ1) is 22.4. The van der Waals surface area contributed by atoms with E-state index in [0.29, 0.717) is 24.2 Å². The maximum Gasteiger partial charge on any atom is 0.0480 e. The van der Waals surface area contributed by atoms with Crippen LogP contribution in [0.1, 0.15) is 108 Å². The zero-order valence-electron chi connectivity index (χ0n) is 28.6. The Morgan fingerprint density at radius 1 is 0.562 bits per heavy atom. The topological polar surface area (TPSA) is 55.6 Å². The van der Waals surface area contributed by atoms with Gasteiger partial charge in [-0.3, -0.25) is 0 Å². The van der Waals surface area contributed by atoms with E-state index in [9.17, 15) is 0 Å². The first kappa shape index (κ1) is 35.8. The zero-order chi connectivity index (χ0) is 31.6. The van der Waals surface area contributed by atoms with E-state index >= 15 is 0 Å². The molecule has 0 bridgehead atoms. The number of rotatable bonds is 6. The minimum absolute atomic E-state index is 0. The van der Waals surface area contributed by atoms with Gasteiger partial charge in [0, 0.05) is 57.4 Å². The molecular weight excluding hydrogens is 631 g/mol. The van der Waals surface area contributed by atoms with Crippen molar-refractivity contribution in [3.8, 4) is 0 Å². The number of aryl methyl sites for hydroxylation is 4. The Morgan fingerprint density at radius 2 is 0.958 bits per heavy atom. The summed E-state index contributed by atoms with van der Waals surface area (Å²) in [5, 5.41) is 10.5. The first-order valence-electron chi connectivity index (χ1n) is 17.3. The van der Waals surface area contributed by atoms with Crippen LogP contribution in [-0.4, -0.2) is 9.97 Å². The van der Waals surface area contributed by atoms with Crippen LogP contribution in [0.3, 0.4) is 0 Å². The third kappa shape index (κ3) is 7.53. The molecule has 4 aromatic carbocycles. The Kier molecular flexibility index (Phi) is 11.8. The lowest BCUT2D eigenvalue weighted by molar-refractivity contribution is 0.410. The minimum Gasteiger partial charge on any atom is -0.357 e. The molecule has 2 aliphatic rings. The molecule has 4 N–H and O–H groups in total. The van der Waals surface area contributed by atoms with Crippen molar-refractivity contribution in [1.29, 1.82) is 0 Å². The van der Waals surface area contributed by atoms with Gasteiger partial charge in [0.2, 0.25) is 0 Å². The summed E-state index contributed by atoms with van der Waals surface area (Å²) in [6.45, 7) is 8.87. The smallest absolute Gasteiger partial charge is 0.0480 e. The summed E-state index contributed by atoms with van der Waals surface area (Å²) in [6.07, 6.45) is 7.31. The number of fused-ring (bicyclic) bond motifs is 6. The number of aromatic nitrogens is 2. The molecule has 0 spiro atoms. The number of aromatic amines is 2. The molecule has 0 saturated heterocycles. The van der Waals surface area contributed by atoms with Gasteiger partial charge in [-0.15, -0.1) is 24.8 Å². The monoisotopic (exact) mass is 680 g/mol. The van der Waals surface area contributed by atoms with Crippen LogP contribution in [-0.2, 0) is 12.8 Å². The Hall–Kier alpha value is -3.54. The highest BCUT2D eigenvalue weighted by molar-refractivity contribution is 5.87. The molecule has 2 heterocycles. The van der Waals surface area contributed by atoms with Crippen molar-refractivity contribution in [2.75, 3.05) is 0 Å². The van der Waals surface area contributed by atoms with E-state index in [1.807, 2.05) is 0 Å². The largest absolute Gasteiger partial charge is 0.357 e. The summed E-state index contributed by atoms with van der Waals surface area (Å²) in [5.41, 5.74) is 13.8. The third-order valence-electron chi connectivity index (χ3n) is 10.2. The van der Waals surface area contributed by atoms with Gasteiger partial charge in [0.15, 0.2) is 0 Å². The number of hydrogen-bond donors (Lipinski definition) is 4. The van der Waals surface area contributed by atoms with E-state index in [-0.39, 0.29) is 24.8 Å². The van der Waals surface area contributed by atoms with Gasteiger partial charge in [0.1, 0.15) is 0 Å². The number of halogens is 2. The fourth-order valence-corrected chi connectivity index (χ4v) is 7.77. The first-order valence-corrected chi connectivity index (χ1v) is 17.3. The molecule has 0 unspecified atom stereocenters. The Labute approximate surface area is 298 Å². The lowest BCUT2D eigenvalue weighted by Crippen LogP contribution is -2.27. The van der Waals surface area contributed by atoms with Crippen LogP contribution in [0, 0.1) is 13.8 Å². The average Bonchev–Trinajstić information content (AvgIpc) is 3.65. The standard InChI is InChI=1S/2C21H24N2.2ClH/c2*1-14-11-12-19-18(13-14)17-9-6-10-20(21(17)23-19)22-15(2)16-7-4-3-5-8-16;;/h2*3-5,7-8,11-13,15,20,22-23H,6,9-10H2,1-2H3;2*1H/t15-,20+;15-,20-;;/m11../s1. The molecule has 6 aromatic rings. The second kappa shape index (κ2) is 15.8. The van der Waals surface area contributed by atoms with Gasteiger partial charge < -0.3 is 20.6 Å². The molecular formula is C42H50Cl2N4. The number of benzene rings is 4. The molecule has 4 nitrogen and oxygen atoms in total. The van der Waals surface area contributed by atoms with Crippen LogP contribution in [0.4, 0.5) is 0 Å². The molecule has 0 radical (unpaired) electrons. The lowest BCUT2D eigenvalue weighted by Gasteiger charge is -2.27. The van der Waals surface area contributed by atoms with Crippen LogP contribution >= 0.6 is 24.8 Å². The summed E-state index contributed by atoms with van der Waals surface area (Å²) in [5.74, 6) is 0. The molecule has 2 aliphatic carbocycles. The second-order valence-electron chi connectivity index (χ2n) is 13.6. The number of H-pyrrole nitrogens is 2. The van der Waals surface area contributed by atoms with Crippen LogP contribution in [0.2, 0.25) is 0 Å². The molecule has 0 aliphatic heterocycles. The van der Waals surface area contributed by atoms with Gasteiger partial charge in [0.05, 0.1) is 0 Å². The maximum absolute atomic E-state index is 3.84. The van der Waals surface area contributed by atoms with E-state index in [0.717, 1.165) is 0 Å². The Morgan fingerprint density at radius 3 is 1.35 bits per heavy atom. The average molecular weight is 682 g/mol. The van der Waals surface area contributed by atoms with Crippen LogP contribution in [0.5, 0.6) is 0 Å². The quantitative estimate of drug-likeness (QED) is 0.141. The van der Waals surface area contributed by atoms with Crippen LogP contribution in [0.25, 0.3) is 21.8 Å². The van der Waals surface area contributed by atoms with Crippen molar-refractivity contribution < 1.29 is 0 Å². The molecule has 4 atom stereocenters. The third-order valence-corrected chi connectivity index (χ3v) is 10.2. The van der Waals surface area contributed by atoms with Crippen LogP contribution < -0.4 is 10.6 Å². The molecule has 48 heavy (non-hydrogen) atoms. The van der Waals surface area contributed by atoms with Gasteiger partial charge in [-0.25, -0.2) is 0 Å². The number of hydrogen-bond acceptors (Lipinski definition) is 2. The zero-order valence-corrected chi connectivity index (χ0v) is 30.2. The van der Waals surface area contributed by atoms with Crippen molar-refractivity contribution >= 4 is 46.6 Å². The van der Waals surface area contributed by atoms with Gasteiger partial charge in [0.25, 0.3) is 0 Å². The van der Waals surface area contributed by atoms with E-state index in [1.165, 1.54) is 105 Å². The van der Waals surface area contributed by atoms with Crippen molar-refractivity contribution in [1.82, 2.24) is 20.6 Å². The number of nitrogens with one attached hydrogen (secondary N) is 4. The molecule has 0 amide bonds. The van der Waals surface area contributed by atoms with E-state index in [4.69, 9.17) is 0 Å². The Balaban J connectivity index is 0.000000180. The summed E-state index contributed by atoms with van der Waals surface area (Å²) in [7, 11) is 0. The molecule has 6 heteroatoms. The summed E-state index contributed by atoms with van der Waals surface area (Å²) < 4.78 is 0. The van der Waals surface area contributed by atoms with Crippen molar-refractivity contribution in [3.63, 3.8) is 0 Å². The highest BCUT2D eigenvalue weighted by Gasteiger charge is 2.27. The predicted octanol–water partition coefficient (Wildman–Crippen LogP) is 11.3. The van der Waals surface area contributed by atoms with E-state index in [2.05, 4.69) is 145 Å². The molecule has 0 fully saturated rings. The molecule has 2 aromatic heterocycles. The van der Waals surface area contributed by atoms with Crippen LogP contribution in [0.15, 0.2) is 97.1 Å². The van der Waals surface area contributed by atoms with Crippen molar-refractivity contribution in [2.45, 2.75) is 90.4 Å². The summed E-state index contributed by atoms with van der Waals surface area (Å²) in [6, 6.07) is 36.5. The lowest BCUT2D eigenvalue weighted by atomic mass is 9.90. The molecule has 8 rings (SSSR count). The normalized spacial score (nSPS) is 18.0. The van der Waals surface area contributed by atoms with E-state index < -0.39 is 0 Å². The minimum atomic E-state index is 0. The van der Waals surface area contributed by atoms with Crippen molar-refractivity contribution in [3.05, 3.63) is 142 Å². The molecule has 0 saturated carbocycles. The Bertz CT molecular complexity index is 1790. The fraction of sp³-hybridized carbons (Fsp3) is 0.333. The van der Waals surface area contributed by atoms with Gasteiger partial charge in [-0.2, -0.15) is 0 Å². The van der Waals surface area contributed by atoms with Gasteiger partial charge >= 0.3 is 0 Å². The maximum atomic E-state index is 3.84. The van der Waals surface area contributed by atoms with Crippen molar-refractivity contribution in [2.24, 2.45) is 0 Å². The second-order valence-corrected chi connectivity index (χ2v) is 13.6. The molecule has 252 valence electrons. The summed E-state index contributed by atoms with van der Waals surface area (Å²) >= 11 is 0. The SMILES string of the molecule is Cc1ccc2[nH]c3c(c2c1)CCC[C@@H]3N[C@H](C)c1ccccc1.Cc1ccc2[nH]c3c(c2c1)CCC[C@H]3N[C@H](C)c1ccccc1.Cl.Cl. The van der Waals surface area contributed by atoms with E-state index in [1.54, 1.807) is 0 Å². The fourth-order valence-electron chi connectivity index (χ4n) is 7.77.